The van der Waals surface area contributed by atoms with Gasteiger partial charge in [-0.2, -0.15) is 8.42 Å². The quantitative estimate of drug-likeness (QED) is 0.525. The van der Waals surface area contributed by atoms with Crippen LogP contribution < -0.4 is 11.5 Å². The van der Waals surface area contributed by atoms with Crippen molar-refractivity contribution in [3.05, 3.63) is 42.5 Å². The zero-order valence-corrected chi connectivity index (χ0v) is 15.7. The average molecular weight is 387 g/mol. The monoisotopic (exact) mass is 387 g/mol. The summed E-state index contributed by atoms with van der Waals surface area (Å²) >= 11 is 0. The molecule has 2 aromatic carbocycles. The Morgan fingerprint density at radius 1 is 0.840 bits per heavy atom. The van der Waals surface area contributed by atoms with E-state index in [2.05, 4.69) is 0 Å². The van der Waals surface area contributed by atoms with Crippen molar-refractivity contribution in [2.24, 2.45) is 0 Å². The molecule has 0 amide bonds. The Kier molecular flexibility index (Phi) is 6.54. The fraction of sp³-hybridized carbons (Fsp3) is 0.200. The number of sulfone groups is 1. The molecule has 0 aromatic heterocycles. The van der Waals surface area contributed by atoms with E-state index in [-0.39, 0.29) is 15.5 Å². The molecule has 0 saturated heterocycles. The second-order valence-corrected chi connectivity index (χ2v) is 8.93. The third kappa shape index (κ3) is 5.71. The molecule has 5 N–H and O–H groups in total. The molecule has 0 atom stereocenters. The van der Waals surface area contributed by atoms with Crippen molar-refractivity contribution < 1.29 is 21.4 Å². The standard InChI is InChI=1S/C12H12N2O5S2.C3H9N/c13-8-1-3-9(4-2-8)20(15,16)10-5-6-11(14)12(7-10)21(17,18)19;1-4(2)3/h1-7H,13-14H2,(H,17,18,19);1-3H3. The van der Waals surface area contributed by atoms with Crippen LogP contribution in [0.5, 0.6) is 0 Å². The van der Waals surface area contributed by atoms with Crippen LogP contribution in [-0.2, 0) is 20.0 Å². The molecule has 0 fully saturated rings. The van der Waals surface area contributed by atoms with E-state index in [0.717, 1.165) is 18.2 Å². The molecule has 0 saturated carbocycles. The van der Waals surface area contributed by atoms with E-state index in [1.807, 2.05) is 26.0 Å². The Hall–Kier alpha value is -2.14. The number of hydrogen-bond acceptors (Lipinski definition) is 7. The molecule has 138 valence electrons. The fourth-order valence-corrected chi connectivity index (χ4v) is 3.69. The van der Waals surface area contributed by atoms with E-state index in [1.165, 1.54) is 24.3 Å². The van der Waals surface area contributed by atoms with E-state index < -0.39 is 24.9 Å². The summed E-state index contributed by atoms with van der Waals surface area (Å²) in [5.41, 5.74) is 11.1. The maximum absolute atomic E-state index is 12.4. The van der Waals surface area contributed by atoms with E-state index >= 15 is 0 Å². The fourth-order valence-electron chi connectivity index (χ4n) is 1.69. The summed E-state index contributed by atoms with van der Waals surface area (Å²) in [4.78, 5) is 0.996. The summed E-state index contributed by atoms with van der Waals surface area (Å²) in [7, 11) is -2.56. The highest BCUT2D eigenvalue weighted by molar-refractivity contribution is 7.91. The number of hydrogen-bond donors (Lipinski definition) is 3. The van der Waals surface area contributed by atoms with Gasteiger partial charge in [0.2, 0.25) is 9.84 Å². The van der Waals surface area contributed by atoms with Gasteiger partial charge in [-0.05, 0) is 63.6 Å². The predicted octanol–water partition coefficient (Wildman–Crippen LogP) is 1.11. The lowest BCUT2D eigenvalue weighted by molar-refractivity contribution is 0.483. The first kappa shape index (κ1) is 20.9. The minimum absolute atomic E-state index is 0.0530. The maximum Gasteiger partial charge on any atom is 0.296 e. The van der Waals surface area contributed by atoms with Crippen molar-refractivity contribution in [1.29, 1.82) is 0 Å². The number of nitrogens with two attached hydrogens (primary N) is 2. The molecular weight excluding hydrogens is 366 g/mol. The molecule has 0 aliphatic heterocycles. The van der Waals surface area contributed by atoms with Gasteiger partial charge in [-0.3, -0.25) is 4.55 Å². The van der Waals surface area contributed by atoms with Crippen LogP contribution >= 0.6 is 0 Å². The van der Waals surface area contributed by atoms with Crippen LogP contribution in [0.25, 0.3) is 0 Å². The second-order valence-electron chi connectivity index (χ2n) is 5.59. The van der Waals surface area contributed by atoms with Gasteiger partial charge in [0.25, 0.3) is 10.1 Å². The Morgan fingerprint density at radius 3 is 1.72 bits per heavy atom. The van der Waals surface area contributed by atoms with Crippen LogP contribution in [-0.4, -0.2) is 47.4 Å². The van der Waals surface area contributed by atoms with Crippen molar-refractivity contribution in [2.75, 3.05) is 32.6 Å². The normalized spacial score (nSPS) is 11.7. The number of nitrogens with zero attached hydrogens (tertiary/aromatic N) is 1. The van der Waals surface area contributed by atoms with Crippen molar-refractivity contribution in [3.63, 3.8) is 0 Å². The number of anilines is 2. The third-order valence-electron chi connectivity index (χ3n) is 2.76. The van der Waals surface area contributed by atoms with E-state index in [0.29, 0.717) is 5.69 Å². The maximum atomic E-state index is 12.4. The zero-order chi connectivity index (χ0) is 19.4. The molecule has 0 unspecified atom stereocenters. The van der Waals surface area contributed by atoms with Gasteiger partial charge < -0.3 is 16.4 Å². The molecule has 2 rings (SSSR count). The SMILES string of the molecule is CN(C)C.Nc1ccc(S(=O)(=O)c2ccc(N)c(S(=O)(=O)O)c2)cc1. The molecule has 0 bridgehead atoms. The van der Waals surface area contributed by atoms with Crippen LogP contribution in [0.1, 0.15) is 0 Å². The number of rotatable bonds is 3. The van der Waals surface area contributed by atoms with Crippen LogP contribution in [0, 0.1) is 0 Å². The predicted molar refractivity (Wildman–Crippen MR) is 96.6 cm³/mol. The summed E-state index contributed by atoms with van der Waals surface area (Å²) in [6.07, 6.45) is 0. The van der Waals surface area contributed by atoms with Crippen molar-refractivity contribution in [1.82, 2.24) is 4.90 Å². The Balaban J connectivity index is 0.000000705. The van der Waals surface area contributed by atoms with Crippen LogP contribution in [0.15, 0.2) is 57.2 Å². The Bertz CT molecular complexity index is 935. The Labute approximate surface area is 147 Å². The third-order valence-corrected chi connectivity index (χ3v) is 5.44. The highest BCUT2D eigenvalue weighted by Crippen LogP contribution is 2.27. The largest absolute Gasteiger partial charge is 0.399 e. The van der Waals surface area contributed by atoms with E-state index in [9.17, 15) is 16.8 Å². The lowest BCUT2D eigenvalue weighted by atomic mass is 10.3. The number of nitrogen functional groups attached to an aromatic ring is 2. The molecule has 25 heavy (non-hydrogen) atoms. The minimum Gasteiger partial charge on any atom is -0.399 e. The molecule has 0 spiro atoms. The van der Waals surface area contributed by atoms with E-state index in [4.69, 9.17) is 16.0 Å². The van der Waals surface area contributed by atoms with Crippen molar-refractivity contribution >= 4 is 31.3 Å². The van der Waals surface area contributed by atoms with Crippen molar-refractivity contribution in [2.45, 2.75) is 14.7 Å². The summed E-state index contributed by atoms with van der Waals surface area (Å²) in [5.74, 6) is 0. The first-order chi connectivity index (χ1) is 11.4. The molecule has 2 aromatic rings. The van der Waals surface area contributed by atoms with Gasteiger partial charge in [0, 0.05) is 5.69 Å². The van der Waals surface area contributed by atoms with Gasteiger partial charge in [-0.15, -0.1) is 0 Å². The summed E-state index contributed by atoms with van der Waals surface area (Å²) in [6, 6.07) is 8.50. The van der Waals surface area contributed by atoms with Gasteiger partial charge >= 0.3 is 0 Å². The molecule has 10 heteroatoms. The lowest BCUT2D eigenvalue weighted by Crippen LogP contribution is -2.07. The second kappa shape index (κ2) is 7.83. The smallest absolute Gasteiger partial charge is 0.296 e. The topological polar surface area (TPSA) is 144 Å². The van der Waals surface area contributed by atoms with Gasteiger partial charge in [-0.25, -0.2) is 8.42 Å². The first-order valence-electron chi connectivity index (χ1n) is 6.94. The average Bonchev–Trinajstić information content (AvgIpc) is 2.46. The molecule has 0 heterocycles. The highest BCUT2D eigenvalue weighted by Gasteiger charge is 2.22. The highest BCUT2D eigenvalue weighted by atomic mass is 32.2. The molecular formula is C15H21N3O5S2. The lowest BCUT2D eigenvalue weighted by Gasteiger charge is -2.08. The van der Waals surface area contributed by atoms with E-state index in [1.54, 1.807) is 0 Å². The number of benzene rings is 2. The van der Waals surface area contributed by atoms with Crippen LogP contribution in [0.4, 0.5) is 11.4 Å². The summed E-state index contributed by atoms with van der Waals surface area (Å²) in [6.45, 7) is 0. The van der Waals surface area contributed by atoms with Crippen molar-refractivity contribution in [3.8, 4) is 0 Å². The van der Waals surface area contributed by atoms with Gasteiger partial charge in [-0.1, -0.05) is 0 Å². The minimum atomic E-state index is -4.61. The van der Waals surface area contributed by atoms with Crippen LogP contribution in [0.2, 0.25) is 0 Å². The van der Waals surface area contributed by atoms with Gasteiger partial charge in [0.05, 0.1) is 15.5 Å². The Morgan fingerprint density at radius 2 is 1.28 bits per heavy atom. The molecule has 0 aliphatic rings. The van der Waals surface area contributed by atoms with Gasteiger partial charge in [0.15, 0.2) is 0 Å². The summed E-state index contributed by atoms with van der Waals surface area (Å²) < 4.78 is 56.2. The summed E-state index contributed by atoms with van der Waals surface area (Å²) in [5, 5.41) is 0. The zero-order valence-electron chi connectivity index (χ0n) is 14.0. The van der Waals surface area contributed by atoms with Crippen LogP contribution in [0.3, 0.4) is 0 Å². The molecule has 0 aliphatic carbocycles. The van der Waals surface area contributed by atoms with Gasteiger partial charge in [0.1, 0.15) is 4.90 Å². The first-order valence-corrected chi connectivity index (χ1v) is 9.86. The molecule has 0 radical (unpaired) electrons. The molecule has 8 nitrogen and oxygen atoms in total.